The van der Waals surface area contributed by atoms with Gasteiger partial charge >= 0.3 is 5.97 Å². The van der Waals surface area contributed by atoms with Crippen molar-refractivity contribution in [1.29, 1.82) is 0 Å². The van der Waals surface area contributed by atoms with Gasteiger partial charge in [-0.1, -0.05) is 6.92 Å². The number of carboxylic acid groups (broad SMARTS) is 1. The summed E-state index contributed by atoms with van der Waals surface area (Å²) in [4.78, 5) is 22.5. The highest BCUT2D eigenvalue weighted by Crippen LogP contribution is 2.16. The molecule has 6 heteroatoms. The number of carbonyl (C=O) groups excluding carboxylic acids is 1. The van der Waals surface area contributed by atoms with Crippen LogP contribution in [0.25, 0.3) is 0 Å². The Morgan fingerprint density at radius 2 is 2.16 bits per heavy atom. The van der Waals surface area contributed by atoms with Crippen LogP contribution >= 0.6 is 0 Å². The second-order valence-electron chi connectivity index (χ2n) is 4.00. The summed E-state index contributed by atoms with van der Waals surface area (Å²) in [7, 11) is 1.40. The molecule has 0 aliphatic carbocycles. The number of rotatable bonds is 6. The van der Waals surface area contributed by atoms with Crippen molar-refractivity contribution in [2.45, 2.75) is 13.3 Å². The van der Waals surface area contributed by atoms with E-state index in [4.69, 9.17) is 9.84 Å². The Kier molecular flexibility index (Phi) is 5.29. The number of hydrogen-bond donors (Lipinski definition) is 2. The molecule has 104 valence electrons. The molecule has 19 heavy (non-hydrogen) atoms. The van der Waals surface area contributed by atoms with Crippen LogP contribution in [0.5, 0.6) is 5.75 Å². The first-order valence-electron chi connectivity index (χ1n) is 5.84. The highest BCUT2D eigenvalue weighted by Gasteiger charge is 2.18. The van der Waals surface area contributed by atoms with Crippen LogP contribution in [0.15, 0.2) is 18.2 Å². The Bertz CT molecular complexity index is 476. The maximum atomic E-state index is 13.6. The number of nitrogens with one attached hydrogen (secondary N) is 1. The van der Waals surface area contributed by atoms with Gasteiger partial charge in [-0.2, -0.15) is 0 Å². The molecular weight excluding hydrogens is 253 g/mol. The quantitative estimate of drug-likeness (QED) is 0.823. The Balaban J connectivity index is 2.71. The second-order valence-corrected chi connectivity index (χ2v) is 4.00. The number of hydrogen-bond acceptors (Lipinski definition) is 3. The molecule has 0 aliphatic heterocycles. The van der Waals surface area contributed by atoms with E-state index in [2.05, 4.69) is 5.32 Å². The lowest BCUT2D eigenvalue weighted by Gasteiger charge is -2.11. The first-order chi connectivity index (χ1) is 8.99. The van der Waals surface area contributed by atoms with Crippen molar-refractivity contribution in [1.82, 2.24) is 5.32 Å². The standard InChI is InChI=1S/C13H16FNO4/c1-3-8(13(17)18)7-15-12(16)10-5-4-9(19-2)6-11(10)14/h4-6,8H,3,7H2,1-2H3,(H,15,16)(H,17,18). The van der Waals surface area contributed by atoms with E-state index < -0.39 is 23.6 Å². The van der Waals surface area contributed by atoms with E-state index >= 15 is 0 Å². The minimum Gasteiger partial charge on any atom is -0.497 e. The lowest BCUT2D eigenvalue weighted by atomic mass is 10.1. The predicted molar refractivity (Wildman–Crippen MR) is 66.7 cm³/mol. The number of amides is 1. The number of carboxylic acids is 1. The average Bonchev–Trinajstić information content (AvgIpc) is 2.38. The molecular formula is C13H16FNO4. The van der Waals surface area contributed by atoms with Crippen LogP contribution in [0.2, 0.25) is 0 Å². The van der Waals surface area contributed by atoms with Crippen LogP contribution in [-0.4, -0.2) is 30.6 Å². The van der Waals surface area contributed by atoms with Crippen molar-refractivity contribution in [2.24, 2.45) is 5.92 Å². The molecule has 0 aliphatic rings. The van der Waals surface area contributed by atoms with Crippen LogP contribution in [0.3, 0.4) is 0 Å². The largest absolute Gasteiger partial charge is 0.497 e. The molecule has 1 amide bonds. The van der Waals surface area contributed by atoms with Crippen molar-refractivity contribution in [3.8, 4) is 5.75 Å². The third kappa shape index (κ3) is 3.94. The minimum atomic E-state index is -0.988. The van der Waals surface area contributed by atoms with E-state index in [0.29, 0.717) is 12.2 Å². The molecule has 1 aromatic carbocycles. The molecule has 0 spiro atoms. The summed E-state index contributed by atoms with van der Waals surface area (Å²) in [6.45, 7) is 1.68. The Hall–Kier alpha value is -2.11. The second kappa shape index (κ2) is 6.72. The van der Waals surface area contributed by atoms with Gasteiger partial charge in [0.2, 0.25) is 0 Å². The van der Waals surface area contributed by atoms with Crippen LogP contribution in [0.1, 0.15) is 23.7 Å². The lowest BCUT2D eigenvalue weighted by molar-refractivity contribution is -0.141. The SMILES string of the molecule is CCC(CNC(=O)c1ccc(OC)cc1F)C(=O)O. The van der Waals surface area contributed by atoms with Crippen LogP contribution in [0.4, 0.5) is 4.39 Å². The Labute approximate surface area is 110 Å². The molecule has 1 unspecified atom stereocenters. The fourth-order valence-corrected chi connectivity index (χ4v) is 1.52. The minimum absolute atomic E-state index is 0.0316. The normalized spacial score (nSPS) is 11.7. The molecule has 0 bridgehead atoms. The maximum Gasteiger partial charge on any atom is 0.308 e. The van der Waals surface area contributed by atoms with Gasteiger partial charge < -0.3 is 15.2 Å². The molecule has 0 saturated heterocycles. The molecule has 0 saturated carbocycles. The maximum absolute atomic E-state index is 13.6. The predicted octanol–water partition coefficient (Wildman–Crippen LogP) is 1.67. The van der Waals surface area contributed by atoms with Gasteiger partial charge in [0.05, 0.1) is 18.6 Å². The van der Waals surface area contributed by atoms with Crippen LogP contribution in [0, 0.1) is 11.7 Å². The monoisotopic (exact) mass is 269 g/mol. The molecule has 1 rings (SSSR count). The number of halogens is 1. The summed E-state index contributed by atoms with van der Waals surface area (Å²) >= 11 is 0. The summed E-state index contributed by atoms with van der Waals surface area (Å²) in [5.74, 6) is -2.70. The van der Waals surface area contributed by atoms with Crippen molar-refractivity contribution < 1.29 is 23.8 Å². The number of ether oxygens (including phenoxy) is 1. The molecule has 0 aromatic heterocycles. The molecule has 0 fully saturated rings. The molecule has 0 radical (unpaired) electrons. The van der Waals surface area contributed by atoms with Gasteiger partial charge in [-0.05, 0) is 18.6 Å². The first kappa shape index (κ1) is 14.9. The summed E-state index contributed by atoms with van der Waals surface area (Å²) in [6.07, 6.45) is 0.390. The highest BCUT2D eigenvalue weighted by atomic mass is 19.1. The zero-order chi connectivity index (χ0) is 14.4. The summed E-state index contributed by atoms with van der Waals surface area (Å²) in [5, 5.41) is 11.2. The molecule has 1 atom stereocenters. The van der Waals surface area contributed by atoms with E-state index in [-0.39, 0.29) is 12.1 Å². The van der Waals surface area contributed by atoms with Crippen molar-refractivity contribution in [2.75, 3.05) is 13.7 Å². The third-order valence-corrected chi connectivity index (χ3v) is 2.77. The van der Waals surface area contributed by atoms with Gasteiger partial charge in [-0.15, -0.1) is 0 Å². The average molecular weight is 269 g/mol. The van der Waals surface area contributed by atoms with Gasteiger partial charge in [0.25, 0.3) is 5.91 Å². The van der Waals surface area contributed by atoms with E-state index in [1.807, 2.05) is 0 Å². The van der Waals surface area contributed by atoms with E-state index in [1.165, 1.54) is 19.2 Å². The zero-order valence-corrected chi connectivity index (χ0v) is 10.8. The fraction of sp³-hybridized carbons (Fsp3) is 0.385. The summed E-state index contributed by atoms with van der Waals surface area (Å²) in [6, 6.07) is 3.86. The number of benzene rings is 1. The molecule has 1 aromatic rings. The topological polar surface area (TPSA) is 75.6 Å². The van der Waals surface area contributed by atoms with Gasteiger partial charge in [0.15, 0.2) is 0 Å². The van der Waals surface area contributed by atoms with Gasteiger partial charge in [-0.3, -0.25) is 9.59 Å². The van der Waals surface area contributed by atoms with Gasteiger partial charge in [0.1, 0.15) is 11.6 Å². The van der Waals surface area contributed by atoms with Gasteiger partial charge in [0, 0.05) is 12.6 Å². The Morgan fingerprint density at radius 3 is 2.63 bits per heavy atom. The molecule has 0 heterocycles. The highest BCUT2D eigenvalue weighted by molar-refractivity contribution is 5.94. The Morgan fingerprint density at radius 1 is 1.47 bits per heavy atom. The fourth-order valence-electron chi connectivity index (χ4n) is 1.52. The smallest absolute Gasteiger partial charge is 0.308 e. The first-order valence-corrected chi connectivity index (χ1v) is 5.84. The van der Waals surface area contributed by atoms with E-state index in [0.717, 1.165) is 6.07 Å². The number of carbonyl (C=O) groups is 2. The van der Waals surface area contributed by atoms with Crippen LogP contribution < -0.4 is 10.1 Å². The number of aliphatic carboxylic acids is 1. The lowest BCUT2D eigenvalue weighted by Crippen LogP contribution is -2.33. The molecule has 5 nitrogen and oxygen atoms in total. The summed E-state index contributed by atoms with van der Waals surface area (Å²) < 4.78 is 18.4. The van der Waals surface area contributed by atoms with Crippen LogP contribution in [-0.2, 0) is 4.79 Å². The summed E-state index contributed by atoms with van der Waals surface area (Å²) in [5.41, 5.74) is -0.138. The number of methoxy groups -OCH3 is 1. The van der Waals surface area contributed by atoms with E-state index in [9.17, 15) is 14.0 Å². The zero-order valence-electron chi connectivity index (χ0n) is 10.8. The van der Waals surface area contributed by atoms with Crippen molar-refractivity contribution in [3.63, 3.8) is 0 Å². The molecule has 2 N–H and O–H groups in total. The van der Waals surface area contributed by atoms with Gasteiger partial charge in [-0.25, -0.2) is 4.39 Å². The third-order valence-electron chi connectivity index (χ3n) is 2.77. The van der Waals surface area contributed by atoms with E-state index in [1.54, 1.807) is 6.92 Å². The van der Waals surface area contributed by atoms with Crippen molar-refractivity contribution in [3.05, 3.63) is 29.6 Å². The van der Waals surface area contributed by atoms with Crippen molar-refractivity contribution >= 4 is 11.9 Å².